The van der Waals surface area contributed by atoms with Gasteiger partial charge in [-0.25, -0.2) is 18.2 Å². The molecular weight excluding hydrogens is 399 g/mol. The standard InChI is InChI=1S/C21H12F3N3OS/c22-15-5-1-13(2-6-15)12-25-27(20(28)14-3-7-16(23)8-4-14)21-26-18-10-9-17(24)11-19(18)29-21/h1-12H/b25-12+. The summed E-state index contributed by atoms with van der Waals surface area (Å²) in [7, 11) is 0. The number of hydrogen-bond acceptors (Lipinski definition) is 4. The summed E-state index contributed by atoms with van der Waals surface area (Å²) in [5.41, 5.74) is 1.28. The van der Waals surface area contributed by atoms with E-state index < -0.39 is 23.4 Å². The second-order valence-corrected chi connectivity index (χ2v) is 7.04. The smallest absolute Gasteiger partial charge is 0.267 e. The van der Waals surface area contributed by atoms with Crippen LogP contribution in [-0.2, 0) is 0 Å². The fourth-order valence-electron chi connectivity index (χ4n) is 2.55. The van der Waals surface area contributed by atoms with E-state index in [1.807, 2.05) is 0 Å². The molecule has 0 aliphatic rings. The van der Waals surface area contributed by atoms with Gasteiger partial charge in [0, 0.05) is 5.56 Å². The number of aromatic nitrogens is 1. The predicted molar refractivity (Wildman–Crippen MR) is 107 cm³/mol. The van der Waals surface area contributed by atoms with Crippen molar-refractivity contribution in [3.8, 4) is 0 Å². The first kappa shape index (κ1) is 18.8. The molecule has 144 valence electrons. The SMILES string of the molecule is O=C(c1ccc(F)cc1)N(/N=C/c1ccc(F)cc1)c1nc2ccc(F)cc2s1. The van der Waals surface area contributed by atoms with Gasteiger partial charge in [0.05, 0.1) is 16.4 Å². The van der Waals surface area contributed by atoms with Crippen LogP contribution in [0.25, 0.3) is 10.2 Å². The summed E-state index contributed by atoms with van der Waals surface area (Å²) in [6.07, 6.45) is 1.38. The summed E-state index contributed by atoms with van der Waals surface area (Å²) in [6.45, 7) is 0. The first-order valence-corrected chi connectivity index (χ1v) is 9.27. The van der Waals surface area contributed by atoms with Gasteiger partial charge in [-0.1, -0.05) is 23.5 Å². The van der Waals surface area contributed by atoms with Crippen molar-refractivity contribution < 1.29 is 18.0 Å². The number of hydrogen-bond donors (Lipinski definition) is 0. The summed E-state index contributed by atoms with van der Waals surface area (Å²) in [6, 6.07) is 14.7. The molecule has 0 fully saturated rings. The first-order valence-electron chi connectivity index (χ1n) is 8.45. The molecule has 0 aliphatic carbocycles. The lowest BCUT2D eigenvalue weighted by Crippen LogP contribution is -2.25. The van der Waals surface area contributed by atoms with Gasteiger partial charge in [-0.15, -0.1) is 0 Å². The van der Waals surface area contributed by atoms with Gasteiger partial charge in [-0.05, 0) is 60.2 Å². The van der Waals surface area contributed by atoms with Crippen LogP contribution < -0.4 is 5.01 Å². The average molecular weight is 411 g/mol. The normalized spacial score (nSPS) is 11.3. The summed E-state index contributed by atoms with van der Waals surface area (Å²) in [4.78, 5) is 17.4. The van der Waals surface area contributed by atoms with Crippen molar-refractivity contribution in [2.45, 2.75) is 0 Å². The van der Waals surface area contributed by atoms with Gasteiger partial charge < -0.3 is 0 Å². The van der Waals surface area contributed by atoms with Gasteiger partial charge in [0.25, 0.3) is 5.91 Å². The van der Waals surface area contributed by atoms with Gasteiger partial charge in [0.15, 0.2) is 0 Å². The van der Waals surface area contributed by atoms with E-state index in [-0.39, 0.29) is 10.7 Å². The molecule has 0 aliphatic heterocycles. The van der Waals surface area contributed by atoms with E-state index in [2.05, 4.69) is 10.1 Å². The van der Waals surface area contributed by atoms with E-state index >= 15 is 0 Å². The number of halogens is 3. The Morgan fingerprint density at radius 1 is 0.897 bits per heavy atom. The Morgan fingerprint density at radius 2 is 1.52 bits per heavy atom. The van der Waals surface area contributed by atoms with Gasteiger partial charge in [0.1, 0.15) is 17.5 Å². The molecule has 1 amide bonds. The van der Waals surface area contributed by atoms with Crippen LogP contribution in [0.15, 0.2) is 71.8 Å². The lowest BCUT2D eigenvalue weighted by Gasteiger charge is -2.13. The van der Waals surface area contributed by atoms with Crippen LogP contribution >= 0.6 is 11.3 Å². The molecule has 3 aromatic carbocycles. The Bertz CT molecular complexity index is 1200. The number of thiazole rings is 1. The summed E-state index contributed by atoms with van der Waals surface area (Å²) in [5, 5.41) is 5.48. The lowest BCUT2D eigenvalue weighted by molar-refractivity contribution is 0.0988. The van der Waals surface area contributed by atoms with E-state index in [1.54, 1.807) is 0 Å². The highest BCUT2D eigenvalue weighted by Crippen LogP contribution is 2.30. The minimum atomic E-state index is -0.539. The van der Waals surface area contributed by atoms with Crippen LogP contribution in [0.3, 0.4) is 0 Å². The summed E-state index contributed by atoms with van der Waals surface area (Å²) < 4.78 is 40.4. The number of carbonyl (C=O) groups excluding carboxylic acids is 1. The highest BCUT2D eigenvalue weighted by atomic mass is 32.1. The molecule has 4 rings (SSSR count). The van der Waals surface area contributed by atoms with E-state index in [0.717, 1.165) is 16.3 Å². The van der Waals surface area contributed by atoms with Crippen molar-refractivity contribution in [2.75, 3.05) is 5.01 Å². The molecule has 0 spiro atoms. The molecule has 8 heteroatoms. The van der Waals surface area contributed by atoms with Crippen molar-refractivity contribution >= 4 is 38.8 Å². The zero-order valence-corrected chi connectivity index (χ0v) is 15.5. The number of nitrogens with zero attached hydrogens (tertiary/aromatic N) is 3. The van der Waals surface area contributed by atoms with Crippen molar-refractivity contribution in [1.29, 1.82) is 0 Å². The van der Waals surface area contributed by atoms with Gasteiger partial charge in [-0.2, -0.15) is 10.1 Å². The monoisotopic (exact) mass is 411 g/mol. The number of hydrazone groups is 1. The maximum absolute atomic E-state index is 13.5. The minimum absolute atomic E-state index is 0.202. The minimum Gasteiger partial charge on any atom is -0.267 e. The molecule has 0 N–H and O–H groups in total. The molecule has 29 heavy (non-hydrogen) atoms. The van der Waals surface area contributed by atoms with Crippen LogP contribution in [0, 0.1) is 17.5 Å². The second-order valence-electron chi connectivity index (χ2n) is 6.03. The van der Waals surface area contributed by atoms with E-state index in [0.29, 0.717) is 15.8 Å². The molecule has 0 unspecified atom stereocenters. The van der Waals surface area contributed by atoms with E-state index in [9.17, 15) is 18.0 Å². The first-order chi connectivity index (χ1) is 14.0. The van der Waals surface area contributed by atoms with Gasteiger partial charge in [0.2, 0.25) is 5.13 Å². The number of fused-ring (bicyclic) bond motifs is 1. The highest BCUT2D eigenvalue weighted by molar-refractivity contribution is 7.22. The molecular formula is C21H12F3N3OS. The number of carbonyl (C=O) groups is 1. The Kier molecular flexibility index (Phi) is 5.09. The number of anilines is 1. The third-order valence-corrected chi connectivity index (χ3v) is 4.99. The molecule has 0 saturated heterocycles. The number of rotatable bonds is 4. The third kappa shape index (κ3) is 4.17. The molecule has 1 heterocycles. The van der Waals surface area contributed by atoms with Crippen molar-refractivity contribution in [2.24, 2.45) is 5.10 Å². The fourth-order valence-corrected chi connectivity index (χ4v) is 3.50. The third-order valence-electron chi connectivity index (χ3n) is 4.00. The maximum atomic E-state index is 13.5. The zero-order chi connectivity index (χ0) is 20.4. The maximum Gasteiger partial charge on any atom is 0.280 e. The van der Waals surface area contributed by atoms with Crippen LogP contribution in [0.2, 0.25) is 0 Å². The molecule has 0 radical (unpaired) electrons. The molecule has 1 aromatic heterocycles. The average Bonchev–Trinajstić information content (AvgIpc) is 3.12. The largest absolute Gasteiger partial charge is 0.280 e. The second kappa shape index (κ2) is 7.84. The Balaban J connectivity index is 1.75. The van der Waals surface area contributed by atoms with Crippen molar-refractivity contribution in [3.63, 3.8) is 0 Å². The molecule has 4 nitrogen and oxygen atoms in total. The number of amides is 1. The molecule has 0 saturated carbocycles. The van der Waals surface area contributed by atoms with Gasteiger partial charge in [-0.3, -0.25) is 4.79 Å². The molecule has 4 aromatic rings. The lowest BCUT2D eigenvalue weighted by atomic mass is 10.2. The van der Waals surface area contributed by atoms with Gasteiger partial charge >= 0.3 is 0 Å². The fraction of sp³-hybridized carbons (Fsp3) is 0. The Hall–Kier alpha value is -3.52. The highest BCUT2D eigenvalue weighted by Gasteiger charge is 2.21. The van der Waals surface area contributed by atoms with E-state index in [1.165, 1.54) is 72.9 Å². The molecule has 0 bridgehead atoms. The predicted octanol–water partition coefficient (Wildman–Crippen LogP) is 5.39. The Morgan fingerprint density at radius 3 is 2.21 bits per heavy atom. The summed E-state index contributed by atoms with van der Waals surface area (Å²) >= 11 is 1.09. The zero-order valence-electron chi connectivity index (χ0n) is 14.7. The van der Waals surface area contributed by atoms with Crippen molar-refractivity contribution in [3.05, 3.63) is 95.3 Å². The summed E-state index contributed by atoms with van der Waals surface area (Å²) in [5.74, 6) is -1.82. The van der Waals surface area contributed by atoms with Crippen LogP contribution in [0.4, 0.5) is 18.3 Å². The number of benzene rings is 3. The van der Waals surface area contributed by atoms with Crippen LogP contribution in [-0.4, -0.2) is 17.1 Å². The quantitative estimate of drug-likeness (QED) is 0.334. The topological polar surface area (TPSA) is 45.6 Å². The van der Waals surface area contributed by atoms with Crippen LogP contribution in [0.1, 0.15) is 15.9 Å². The Labute approximate surface area is 167 Å². The van der Waals surface area contributed by atoms with E-state index in [4.69, 9.17) is 0 Å². The van der Waals surface area contributed by atoms with Crippen LogP contribution in [0.5, 0.6) is 0 Å². The molecule has 0 atom stereocenters. The van der Waals surface area contributed by atoms with Crippen molar-refractivity contribution in [1.82, 2.24) is 4.98 Å².